The number of ether oxygens (including phenoxy) is 1. The number of nitrogen functional groups attached to an aromatic ring is 1. The van der Waals surface area contributed by atoms with E-state index in [9.17, 15) is 0 Å². The van der Waals surface area contributed by atoms with Crippen LogP contribution >= 0.6 is 0 Å². The van der Waals surface area contributed by atoms with Crippen LogP contribution in [0.5, 0.6) is 5.75 Å². The average molecular weight is 212 g/mol. The highest BCUT2D eigenvalue weighted by Gasteiger charge is 1.98. The van der Waals surface area contributed by atoms with E-state index in [2.05, 4.69) is 12.1 Å². The van der Waals surface area contributed by atoms with E-state index in [0.29, 0.717) is 5.69 Å². The average Bonchev–Trinajstić information content (AvgIpc) is 2.29. The zero-order valence-electron chi connectivity index (χ0n) is 9.23. The standard InChI is InChI=1S/C14H14NO/c1-16-14-7-3-5-12(10-14)8-11-4-2-6-13(15)9-11/h2-5,7,9-10H,8,15H2,1H3. The number of hydrogen-bond donors (Lipinski definition) is 1. The summed E-state index contributed by atoms with van der Waals surface area (Å²) in [5, 5.41) is 0. The van der Waals surface area contributed by atoms with Crippen LogP contribution in [0.4, 0.5) is 5.69 Å². The lowest BCUT2D eigenvalue weighted by atomic mass is 10.0. The summed E-state index contributed by atoms with van der Waals surface area (Å²) in [6, 6.07) is 16.8. The second-order valence-electron chi connectivity index (χ2n) is 3.68. The quantitative estimate of drug-likeness (QED) is 0.794. The SMILES string of the molecule is COc1cccc(Cc2cc[c]c(N)c2)c1. The van der Waals surface area contributed by atoms with Crippen molar-refractivity contribution < 1.29 is 4.74 Å². The first-order chi connectivity index (χ1) is 7.78. The number of nitrogens with two attached hydrogens (primary N) is 1. The van der Waals surface area contributed by atoms with Crippen LogP contribution in [0.15, 0.2) is 42.5 Å². The third-order valence-corrected chi connectivity index (χ3v) is 2.43. The number of rotatable bonds is 3. The minimum Gasteiger partial charge on any atom is -0.497 e. The van der Waals surface area contributed by atoms with Gasteiger partial charge in [0.25, 0.3) is 0 Å². The first kappa shape index (κ1) is 10.6. The molecule has 0 fully saturated rings. The zero-order valence-corrected chi connectivity index (χ0v) is 9.23. The Balaban J connectivity index is 2.20. The molecule has 0 aromatic heterocycles. The van der Waals surface area contributed by atoms with Gasteiger partial charge in [0.2, 0.25) is 0 Å². The molecule has 2 aromatic carbocycles. The van der Waals surface area contributed by atoms with Crippen LogP contribution in [0.2, 0.25) is 0 Å². The van der Waals surface area contributed by atoms with Gasteiger partial charge in [0.15, 0.2) is 0 Å². The van der Waals surface area contributed by atoms with Crippen LogP contribution in [0, 0.1) is 6.07 Å². The zero-order chi connectivity index (χ0) is 11.4. The van der Waals surface area contributed by atoms with Crippen molar-refractivity contribution in [1.82, 2.24) is 0 Å². The lowest BCUT2D eigenvalue weighted by molar-refractivity contribution is 0.414. The van der Waals surface area contributed by atoms with Crippen LogP contribution in [-0.4, -0.2) is 7.11 Å². The molecule has 81 valence electrons. The summed E-state index contributed by atoms with van der Waals surface area (Å²) in [5.41, 5.74) is 8.77. The van der Waals surface area contributed by atoms with Crippen LogP contribution in [0.1, 0.15) is 11.1 Å². The number of anilines is 1. The van der Waals surface area contributed by atoms with Crippen molar-refractivity contribution in [3.63, 3.8) is 0 Å². The van der Waals surface area contributed by atoms with Crippen LogP contribution < -0.4 is 10.5 Å². The molecule has 2 N–H and O–H groups in total. The second kappa shape index (κ2) is 4.71. The van der Waals surface area contributed by atoms with Crippen molar-refractivity contribution in [3.05, 3.63) is 59.7 Å². The van der Waals surface area contributed by atoms with E-state index in [1.165, 1.54) is 11.1 Å². The van der Waals surface area contributed by atoms with Gasteiger partial charge in [-0.25, -0.2) is 0 Å². The molecule has 2 rings (SSSR count). The van der Waals surface area contributed by atoms with E-state index in [0.717, 1.165) is 12.2 Å². The monoisotopic (exact) mass is 212 g/mol. The molecule has 0 aliphatic heterocycles. The van der Waals surface area contributed by atoms with Crippen molar-refractivity contribution in [3.8, 4) is 5.75 Å². The topological polar surface area (TPSA) is 35.2 Å². The molecule has 0 heterocycles. The molecule has 2 heteroatoms. The summed E-state index contributed by atoms with van der Waals surface area (Å²) in [6.07, 6.45) is 0.857. The Hall–Kier alpha value is -1.96. The predicted molar refractivity (Wildman–Crippen MR) is 65.5 cm³/mol. The van der Waals surface area contributed by atoms with Gasteiger partial charge in [-0.3, -0.25) is 0 Å². The third kappa shape index (κ3) is 2.54. The fourth-order valence-corrected chi connectivity index (χ4v) is 1.66. The van der Waals surface area contributed by atoms with E-state index < -0.39 is 0 Å². The maximum atomic E-state index is 5.69. The molecule has 0 aliphatic rings. The Labute approximate surface area is 95.7 Å². The third-order valence-electron chi connectivity index (χ3n) is 2.43. The van der Waals surface area contributed by atoms with Crippen LogP contribution in [-0.2, 0) is 6.42 Å². The molecule has 16 heavy (non-hydrogen) atoms. The maximum Gasteiger partial charge on any atom is 0.119 e. The summed E-state index contributed by atoms with van der Waals surface area (Å²) >= 11 is 0. The Kier molecular flexibility index (Phi) is 3.10. The van der Waals surface area contributed by atoms with Crippen molar-refractivity contribution in [2.75, 3.05) is 12.8 Å². The highest BCUT2D eigenvalue weighted by molar-refractivity contribution is 5.41. The smallest absolute Gasteiger partial charge is 0.119 e. The number of benzene rings is 2. The minimum atomic E-state index is 0.681. The Morgan fingerprint density at radius 1 is 1.19 bits per heavy atom. The number of hydrogen-bond acceptors (Lipinski definition) is 2. The number of methoxy groups -OCH3 is 1. The van der Waals surface area contributed by atoms with Gasteiger partial charge in [0.05, 0.1) is 7.11 Å². The van der Waals surface area contributed by atoms with Gasteiger partial charge in [-0.1, -0.05) is 24.3 Å². The van der Waals surface area contributed by atoms with Gasteiger partial charge in [-0.05, 0) is 35.7 Å². The Bertz CT molecular complexity index is 480. The first-order valence-corrected chi connectivity index (χ1v) is 5.17. The van der Waals surface area contributed by atoms with E-state index in [1.54, 1.807) is 7.11 Å². The van der Waals surface area contributed by atoms with Crippen molar-refractivity contribution >= 4 is 5.69 Å². The molecule has 2 nitrogen and oxygen atoms in total. The molecule has 0 aliphatic carbocycles. The molecule has 2 aromatic rings. The highest BCUT2D eigenvalue weighted by atomic mass is 16.5. The minimum absolute atomic E-state index is 0.681. The van der Waals surface area contributed by atoms with Gasteiger partial charge in [0, 0.05) is 11.8 Å². The molecule has 0 saturated heterocycles. The van der Waals surface area contributed by atoms with E-state index in [1.807, 2.05) is 36.4 Å². The lowest BCUT2D eigenvalue weighted by Gasteiger charge is -2.05. The lowest BCUT2D eigenvalue weighted by Crippen LogP contribution is -1.92. The fraction of sp³-hybridized carbons (Fsp3) is 0.143. The molecule has 0 spiro atoms. The summed E-state index contributed by atoms with van der Waals surface area (Å²) in [5.74, 6) is 0.882. The van der Waals surface area contributed by atoms with E-state index in [-0.39, 0.29) is 0 Å². The molecule has 0 bridgehead atoms. The summed E-state index contributed by atoms with van der Waals surface area (Å²) in [4.78, 5) is 0. The molecular formula is C14H14NO. The molecule has 0 atom stereocenters. The predicted octanol–water partition coefficient (Wildman–Crippen LogP) is 2.67. The van der Waals surface area contributed by atoms with Gasteiger partial charge in [-0.15, -0.1) is 0 Å². The fourth-order valence-electron chi connectivity index (χ4n) is 1.66. The molecule has 0 amide bonds. The first-order valence-electron chi connectivity index (χ1n) is 5.17. The normalized spacial score (nSPS) is 10.1. The summed E-state index contributed by atoms with van der Waals surface area (Å²) in [7, 11) is 1.68. The van der Waals surface area contributed by atoms with Gasteiger partial charge >= 0.3 is 0 Å². The Morgan fingerprint density at radius 3 is 2.75 bits per heavy atom. The molecule has 0 unspecified atom stereocenters. The van der Waals surface area contributed by atoms with Crippen molar-refractivity contribution in [1.29, 1.82) is 0 Å². The van der Waals surface area contributed by atoms with Crippen molar-refractivity contribution in [2.24, 2.45) is 0 Å². The van der Waals surface area contributed by atoms with Crippen LogP contribution in [0.25, 0.3) is 0 Å². The van der Waals surface area contributed by atoms with Gasteiger partial charge in [-0.2, -0.15) is 0 Å². The second-order valence-corrected chi connectivity index (χ2v) is 3.68. The van der Waals surface area contributed by atoms with Gasteiger partial charge < -0.3 is 10.5 Å². The summed E-state index contributed by atoms with van der Waals surface area (Å²) in [6.45, 7) is 0. The summed E-state index contributed by atoms with van der Waals surface area (Å²) < 4.78 is 5.19. The molecule has 1 radical (unpaired) electrons. The molecule has 0 saturated carbocycles. The Morgan fingerprint density at radius 2 is 2.00 bits per heavy atom. The van der Waals surface area contributed by atoms with E-state index >= 15 is 0 Å². The highest BCUT2D eigenvalue weighted by Crippen LogP contribution is 2.17. The van der Waals surface area contributed by atoms with Gasteiger partial charge in [0.1, 0.15) is 5.75 Å². The largest absolute Gasteiger partial charge is 0.497 e. The molecular weight excluding hydrogens is 198 g/mol. The van der Waals surface area contributed by atoms with Crippen molar-refractivity contribution in [2.45, 2.75) is 6.42 Å². The maximum absolute atomic E-state index is 5.69. The van der Waals surface area contributed by atoms with E-state index in [4.69, 9.17) is 10.5 Å². The van der Waals surface area contributed by atoms with Crippen LogP contribution in [0.3, 0.4) is 0 Å².